The molecule has 0 bridgehead atoms. The third-order valence-electron chi connectivity index (χ3n) is 5.16. The first-order valence-corrected chi connectivity index (χ1v) is 10.8. The Morgan fingerprint density at radius 2 is 1.48 bits per heavy atom. The summed E-state index contributed by atoms with van der Waals surface area (Å²) in [6.07, 6.45) is 0. The van der Waals surface area contributed by atoms with Crippen LogP contribution in [0.2, 0.25) is 0 Å². The van der Waals surface area contributed by atoms with Gasteiger partial charge in [-0.15, -0.1) is 5.10 Å². The quantitative estimate of drug-likeness (QED) is 0.301. The molecule has 33 heavy (non-hydrogen) atoms. The van der Waals surface area contributed by atoms with Gasteiger partial charge in [0.05, 0.1) is 21.3 Å². The summed E-state index contributed by atoms with van der Waals surface area (Å²) in [5, 5.41) is 4.65. The van der Waals surface area contributed by atoms with Crippen LogP contribution in [0.3, 0.4) is 0 Å². The summed E-state index contributed by atoms with van der Waals surface area (Å²) >= 11 is 5.50. The van der Waals surface area contributed by atoms with Gasteiger partial charge in [-0.25, -0.2) is 4.68 Å². The normalized spacial score (nSPS) is 10.6. The van der Waals surface area contributed by atoms with Crippen molar-refractivity contribution < 1.29 is 18.6 Å². The summed E-state index contributed by atoms with van der Waals surface area (Å²) in [4.78, 5) is 2.46. The van der Waals surface area contributed by atoms with Crippen molar-refractivity contribution >= 4 is 17.9 Å². The van der Waals surface area contributed by atoms with E-state index >= 15 is 0 Å². The van der Waals surface area contributed by atoms with E-state index in [4.69, 9.17) is 30.8 Å². The summed E-state index contributed by atoms with van der Waals surface area (Å²) in [5.74, 6) is 1.89. The van der Waals surface area contributed by atoms with Crippen LogP contribution < -0.4 is 19.1 Å². The Morgan fingerprint density at radius 1 is 0.879 bits per heavy atom. The number of benzene rings is 3. The molecular formula is C25H25N3O4S. The van der Waals surface area contributed by atoms with Crippen molar-refractivity contribution in [2.45, 2.75) is 13.2 Å². The lowest BCUT2D eigenvalue weighted by molar-refractivity contribution is 0.324. The summed E-state index contributed by atoms with van der Waals surface area (Å²) in [5.41, 5.74) is 2.91. The van der Waals surface area contributed by atoms with Gasteiger partial charge in [0.1, 0.15) is 6.67 Å². The zero-order valence-corrected chi connectivity index (χ0v) is 19.5. The van der Waals surface area contributed by atoms with Crippen molar-refractivity contribution in [3.8, 4) is 28.7 Å². The standard InChI is InChI=1S/C25H25N3O4S/c1-29-21-14-19(15-22(30-2)23(21)31-3)24-26-28(25(33)32-24)17-27(20-12-8-5-9-13-20)16-18-10-6-4-7-11-18/h4-15H,16-17H2,1-3H3. The van der Waals surface area contributed by atoms with Gasteiger partial charge in [-0.1, -0.05) is 48.5 Å². The molecule has 0 fully saturated rings. The Morgan fingerprint density at radius 3 is 2.06 bits per heavy atom. The van der Waals surface area contributed by atoms with Crippen LogP contribution in [0.1, 0.15) is 5.56 Å². The lowest BCUT2D eigenvalue weighted by Gasteiger charge is -2.24. The number of hydrogen-bond donors (Lipinski definition) is 0. The van der Waals surface area contributed by atoms with Crippen molar-refractivity contribution in [2.24, 2.45) is 0 Å². The zero-order valence-electron chi connectivity index (χ0n) is 18.7. The van der Waals surface area contributed by atoms with Gasteiger partial charge in [0.25, 0.3) is 4.84 Å². The van der Waals surface area contributed by atoms with Gasteiger partial charge in [-0.05, 0) is 42.0 Å². The Labute approximate surface area is 197 Å². The van der Waals surface area contributed by atoms with Crippen molar-refractivity contribution in [1.82, 2.24) is 9.78 Å². The zero-order chi connectivity index (χ0) is 23.2. The monoisotopic (exact) mass is 463 g/mol. The van der Waals surface area contributed by atoms with E-state index in [0.717, 1.165) is 5.69 Å². The van der Waals surface area contributed by atoms with Crippen LogP contribution in [0.5, 0.6) is 17.2 Å². The molecule has 0 radical (unpaired) electrons. The minimum Gasteiger partial charge on any atom is -0.493 e. The van der Waals surface area contributed by atoms with Gasteiger partial charge in [-0.2, -0.15) is 0 Å². The van der Waals surface area contributed by atoms with E-state index in [9.17, 15) is 0 Å². The van der Waals surface area contributed by atoms with Crippen LogP contribution in [0.25, 0.3) is 11.5 Å². The SMILES string of the molecule is COc1cc(-c2nn(CN(Cc3ccccc3)c3ccccc3)c(=S)o2)cc(OC)c1OC. The minimum absolute atomic E-state index is 0.271. The summed E-state index contributed by atoms with van der Waals surface area (Å²) < 4.78 is 23.8. The molecule has 0 aliphatic carbocycles. The van der Waals surface area contributed by atoms with E-state index < -0.39 is 0 Å². The van der Waals surface area contributed by atoms with E-state index in [1.54, 1.807) is 38.1 Å². The van der Waals surface area contributed by atoms with Crippen molar-refractivity contribution in [3.63, 3.8) is 0 Å². The van der Waals surface area contributed by atoms with Gasteiger partial charge in [0.2, 0.25) is 11.6 Å². The molecule has 0 saturated heterocycles. The highest BCUT2D eigenvalue weighted by Crippen LogP contribution is 2.40. The van der Waals surface area contributed by atoms with Crippen molar-refractivity contribution in [2.75, 3.05) is 26.2 Å². The van der Waals surface area contributed by atoms with E-state index in [1.165, 1.54) is 5.56 Å². The topological polar surface area (TPSA) is 61.9 Å². The predicted octanol–water partition coefficient (Wildman–Crippen LogP) is 5.56. The molecule has 1 aromatic heterocycles. The van der Waals surface area contributed by atoms with Crippen LogP contribution >= 0.6 is 12.2 Å². The largest absolute Gasteiger partial charge is 0.493 e. The lowest BCUT2D eigenvalue weighted by Crippen LogP contribution is -2.26. The summed E-state index contributed by atoms with van der Waals surface area (Å²) in [6, 6.07) is 24.0. The third-order valence-corrected chi connectivity index (χ3v) is 5.45. The first kappa shape index (κ1) is 22.4. The fraction of sp³-hybridized carbons (Fsp3) is 0.200. The second-order valence-electron chi connectivity index (χ2n) is 7.25. The van der Waals surface area contributed by atoms with E-state index in [0.29, 0.717) is 41.9 Å². The molecule has 0 aliphatic heterocycles. The molecule has 4 aromatic rings. The number of ether oxygens (including phenoxy) is 3. The van der Waals surface area contributed by atoms with Gasteiger partial charge < -0.3 is 23.5 Å². The minimum atomic E-state index is 0.271. The highest BCUT2D eigenvalue weighted by Gasteiger charge is 2.18. The van der Waals surface area contributed by atoms with Gasteiger partial charge in [0, 0.05) is 17.8 Å². The molecule has 1 heterocycles. The smallest absolute Gasteiger partial charge is 0.289 e. The number of para-hydroxylation sites is 1. The maximum atomic E-state index is 5.85. The molecule has 170 valence electrons. The summed E-state index contributed by atoms with van der Waals surface area (Å²) in [6.45, 7) is 1.12. The summed E-state index contributed by atoms with van der Waals surface area (Å²) in [7, 11) is 4.69. The lowest BCUT2D eigenvalue weighted by atomic mass is 10.2. The number of hydrogen-bond acceptors (Lipinski definition) is 7. The van der Waals surface area contributed by atoms with Crippen LogP contribution in [-0.2, 0) is 13.2 Å². The molecule has 0 atom stereocenters. The highest BCUT2D eigenvalue weighted by molar-refractivity contribution is 7.71. The Hall–Kier alpha value is -3.78. The first-order chi connectivity index (χ1) is 16.1. The maximum absolute atomic E-state index is 5.85. The molecule has 0 spiro atoms. The van der Waals surface area contributed by atoms with E-state index in [2.05, 4.69) is 34.3 Å². The van der Waals surface area contributed by atoms with Gasteiger partial charge >= 0.3 is 0 Å². The van der Waals surface area contributed by atoms with Crippen molar-refractivity contribution in [3.05, 3.63) is 83.2 Å². The van der Waals surface area contributed by atoms with Gasteiger partial charge in [0.15, 0.2) is 11.5 Å². The number of methoxy groups -OCH3 is 3. The third kappa shape index (κ3) is 5.01. The second-order valence-corrected chi connectivity index (χ2v) is 7.60. The number of rotatable bonds is 9. The molecule has 8 heteroatoms. The Kier molecular flexibility index (Phi) is 6.95. The number of aromatic nitrogens is 2. The number of nitrogens with zero attached hydrogens (tertiary/aromatic N) is 3. The fourth-order valence-electron chi connectivity index (χ4n) is 3.54. The maximum Gasteiger partial charge on any atom is 0.289 e. The van der Waals surface area contributed by atoms with Crippen molar-refractivity contribution in [1.29, 1.82) is 0 Å². The Bertz CT molecular complexity index is 1230. The van der Waals surface area contributed by atoms with Crippen LogP contribution in [0.15, 0.2) is 77.2 Å². The van der Waals surface area contributed by atoms with E-state index in [-0.39, 0.29) is 4.84 Å². The van der Waals surface area contributed by atoms with Crippen LogP contribution in [0.4, 0.5) is 5.69 Å². The molecule has 0 saturated carbocycles. The molecule has 0 unspecified atom stereocenters. The Balaban J connectivity index is 1.68. The fourth-order valence-corrected chi connectivity index (χ4v) is 3.72. The van der Waals surface area contributed by atoms with E-state index in [1.807, 2.05) is 36.4 Å². The average molecular weight is 464 g/mol. The van der Waals surface area contributed by atoms with Gasteiger partial charge in [-0.3, -0.25) is 0 Å². The molecular weight excluding hydrogens is 438 g/mol. The molecule has 0 amide bonds. The molecule has 4 rings (SSSR count). The second kappa shape index (κ2) is 10.2. The number of anilines is 1. The molecule has 0 N–H and O–H groups in total. The van der Waals surface area contributed by atoms with Crippen LogP contribution in [-0.4, -0.2) is 31.1 Å². The highest BCUT2D eigenvalue weighted by atomic mass is 32.1. The molecule has 0 aliphatic rings. The molecule has 3 aromatic carbocycles. The average Bonchev–Trinajstić information content (AvgIpc) is 3.23. The first-order valence-electron chi connectivity index (χ1n) is 10.3. The molecule has 7 nitrogen and oxygen atoms in total. The van der Waals surface area contributed by atoms with Crippen LogP contribution in [0, 0.1) is 4.84 Å². The predicted molar refractivity (Wildman–Crippen MR) is 129 cm³/mol.